The molecule has 25 heavy (non-hydrogen) atoms. The number of rotatable bonds is 2. The molecule has 2 aliphatic heterocycles. The van der Waals surface area contributed by atoms with Gasteiger partial charge in [0.15, 0.2) is 11.5 Å². The van der Waals surface area contributed by atoms with Crippen LogP contribution < -0.4 is 14.4 Å². The lowest BCUT2D eigenvalue weighted by molar-refractivity contribution is -0.141. The molecule has 0 radical (unpaired) electrons. The second-order valence-electron chi connectivity index (χ2n) is 6.10. The monoisotopic (exact) mass is 350 g/mol. The van der Waals surface area contributed by atoms with E-state index in [1.165, 1.54) is 6.07 Å². The maximum Gasteiger partial charge on any atom is 0.433 e. The number of para-hydroxylation sites is 1. The van der Waals surface area contributed by atoms with Crippen LogP contribution in [0.5, 0.6) is 11.5 Å². The first-order valence-corrected chi connectivity index (χ1v) is 8.23. The number of pyridine rings is 1. The fraction of sp³-hybridized carbons (Fsp3) is 0.389. The molecule has 0 bridgehead atoms. The Kier molecular flexibility index (Phi) is 3.94. The fourth-order valence-electron chi connectivity index (χ4n) is 3.46. The number of hydrogen-bond donors (Lipinski definition) is 0. The van der Waals surface area contributed by atoms with E-state index in [-0.39, 0.29) is 6.04 Å². The first kappa shape index (κ1) is 16.1. The van der Waals surface area contributed by atoms with E-state index < -0.39 is 11.9 Å². The van der Waals surface area contributed by atoms with Crippen molar-refractivity contribution < 1.29 is 22.6 Å². The van der Waals surface area contributed by atoms with Gasteiger partial charge in [-0.25, -0.2) is 4.98 Å². The smallest absolute Gasteiger partial charge is 0.433 e. The maximum absolute atomic E-state index is 13.0. The van der Waals surface area contributed by atoms with E-state index in [4.69, 9.17) is 9.47 Å². The van der Waals surface area contributed by atoms with Gasteiger partial charge in [-0.3, -0.25) is 0 Å². The summed E-state index contributed by atoms with van der Waals surface area (Å²) in [5, 5.41) is 0. The van der Waals surface area contributed by atoms with Gasteiger partial charge in [-0.2, -0.15) is 13.2 Å². The number of halogens is 3. The van der Waals surface area contributed by atoms with Crippen molar-refractivity contribution in [2.75, 3.05) is 24.7 Å². The van der Waals surface area contributed by atoms with Crippen LogP contribution in [0.3, 0.4) is 0 Å². The molecule has 1 fully saturated rings. The highest BCUT2D eigenvalue weighted by Crippen LogP contribution is 2.44. The quantitative estimate of drug-likeness (QED) is 0.813. The van der Waals surface area contributed by atoms with Crippen molar-refractivity contribution in [2.45, 2.75) is 25.1 Å². The Balaban J connectivity index is 1.70. The van der Waals surface area contributed by atoms with Crippen LogP contribution in [0.15, 0.2) is 36.4 Å². The van der Waals surface area contributed by atoms with Crippen molar-refractivity contribution in [2.24, 2.45) is 0 Å². The van der Waals surface area contributed by atoms with Crippen molar-refractivity contribution >= 4 is 5.82 Å². The number of anilines is 1. The number of aromatic nitrogens is 1. The summed E-state index contributed by atoms with van der Waals surface area (Å²) in [5.74, 6) is 1.72. The molecule has 4 rings (SSSR count). The zero-order valence-electron chi connectivity index (χ0n) is 13.4. The van der Waals surface area contributed by atoms with E-state index in [1.807, 2.05) is 23.1 Å². The fourth-order valence-corrected chi connectivity index (χ4v) is 3.46. The van der Waals surface area contributed by atoms with Gasteiger partial charge in [0.25, 0.3) is 0 Å². The van der Waals surface area contributed by atoms with Crippen molar-refractivity contribution in [3.05, 3.63) is 47.7 Å². The topological polar surface area (TPSA) is 34.6 Å². The van der Waals surface area contributed by atoms with Gasteiger partial charge >= 0.3 is 6.18 Å². The lowest BCUT2D eigenvalue weighted by atomic mass is 10.0. The third-order valence-corrected chi connectivity index (χ3v) is 4.53. The first-order valence-electron chi connectivity index (χ1n) is 8.23. The molecule has 0 N–H and O–H groups in total. The Bertz CT molecular complexity index is 779. The lowest BCUT2D eigenvalue weighted by Gasteiger charge is -2.30. The number of hydrogen-bond acceptors (Lipinski definition) is 4. The molecule has 4 nitrogen and oxygen atoms in total. The van der Waals surface area contributed by atoms with Crippen LogP contribution in [-0.4, -0.2) is 24.7 Å². The predicted octanol–water partition coefficient (Wildman–Crippen LogP) is 4.21. The van der Waals surface area contributed by atoms with Gasteiger partial charge < -0.3 is 14.4 Å². The van der Waals surface area contributed by atoms with Crippen molar-refractivity contribution in [1.29, 1.82) is 0 Å². The molecule has 2 aliphatic rings. The molecule has 1 saturated heterocycles. The van der Waals surface area contributed by atoms with Gasteiger partial charge in [0.05, 0.1) is 6.04 Å². The highest BCUT2D eigenvalue weighted by atomic mass is 19.4. The molecule has 1 aromatic carbocycles. The molecule has 7 heteroatoms. The van der Waals surface area contributed by atoms with Gasteiger partial charge in [0.1, 0.15) is 24.7 Å². The molecule has 3 heterocycles. The van der Waals surface area contributed by atoms with Crippen LogP contribution in [0.25, 0.3) is 0 Å². The minimum absolute atomic E-state index is 0.0763. The minimum atomic E-state index is -4.45. The predicted molar refractivity (Wildman–Crippen MR) is 86.0 cm³/mol. The Morgan fingerprint density at radius 3 is 2.68 bits per heavy atom. The summed E-state index contributed by atoms with van der Waals surface area (Å²) >= 11 is 0. The number of nitrogens with zero attached hydrogens (tertiary/aromatic N) is 2. The van der Waals surface area contributed by atoms with Crippen LogP contribution >= 0.6 is 0 Å². The highest BCUT2D eigenvalue weighted by molar-refractivity contribution is 5.53. The molecule has 1 aromatic heterocycles. The first-order chi connectivity index (χ1) is 12.0. The van der Waals surface area contributed by atoms with E-state index in [0.29, 0.717) is 37.1 Å². The summed E-state index contributed by atoms with van der Waals surface area (Å²) in [6.45, 7) is 1.63. The van der Waals surface area contributed by atoms with Gasteiger partial charge in [-0.1, -0.05) is 18.2 Å². The average Bonchev–Trinajstić information content (AvgIpc) is 3.10. The van der Waals surface area contributed by atoms with Crippen molar-refractivity contribution in [3.8, 4) is 11.5 Å². The van der Waals surface area contributed by atoms with Gasteiger partial charge in [0.2, 0.25) is 0 Å². The van der Waals surface area contributed by atoms with Crippen LogP contribution in [0.2, 0.25) is 0 Å². The minimum Gasteiger partial charge on any atom is -0.486 e. The molecule has 0 aliphatic carbocycles. The average molecular weight is 350 g/mol. The molecular formula is C18H17F3N2O2. The van der Waals surface area contributed by atoms with Crippen LogP contribution in [0, 0.1) is 0 Å². The summed E-state index contributed by atoms with van der Waals surface area (Å²) in [6.07, 6.45) is -2.74. The second kappa shape index (κ2) is 6.13. The zero-order chi connectivity index (χ0) is 17.4. The third kappa shape index (κ3) is 2.99. The van der Waals surface area contributed by atoms with Crippen molar-refractivity contribution in [1.82, 2.24) is 4.98 Å². The third-order valence-electron chi connectivity index (χ3n) is 4.53. The normalized spacial score (nSPS) is 20.0. The molecule has 0 saturated carbocycles. The van der Waals surface area contributed by atoms with Gasteiger partial charge in [0, 0.05) is 12.1 Å². The largest absolute Gasteiger partial charge is 0.486 e. The molecule has 0 amide bonds. The van der Waals surface area contributed by atoms with Gasteiger partial charge in [-0.05, 0) is 31.0 Å². The summed E-state index contributed by atoms with van der Waals surface area (Å²) < 4.78 is 50.3. The summed E-state index contributed by atoms with van der Waals surface area (Å²) in [6, 6.07) is 9.63. The second-order valence-corrected chi connectivity index (χ2v) is 6.10. The molecular weight excluding hydrogens is 333 g/mol. The van der Waals surface area contributed by atoms with E-state index in [2.05, 4.69) is 4.98 Å². The number of alkyl halides is 3. The highest BCUT2D eigenvalue weighted by Gasteiger charge is 2.35. The Labute approximate surface area is 143 Å². The molecule has 1 atom stereocenters. The summed E-state index contributed by atoms with van der Waals surface area (Å²) in [4.78, 5) is 5.76. The van der Waals surface area contributed by atoms with Crippen LogP contribution in [0.1, 0.15) is 30.1 Å². The van der Waals surface area contributed by atoms with Crippen LogP contribution in [-0.2, 0) is 6.18 Å². The van der Waals surface area contributed by atoms with E-state index in [0.717, 1.165) is 24.5 Å². The number of fused-ring (bicyclic) bond motifs is 1. The number of benzene rings is 1. The molecule has 1 unspecified atom stereocenters. The van der Waals surface area contributed by atoms with Crippen molar-refractivity contribution in [3.63, 3.8) is 0 Å². The molecule has 132 valence electrons. The lowest BCUT2D eigenvalue weighted by Crippen LogP contribution is -2.26. The van der Waals surface area contributed by atoms with E-state index in [1.54, 1.807) is 6.07 Å². The van der Waals surface area contributed by atoms with E-state index in [9.17, 15) is 13.2 Å². The van der Waals surface area contributed by atoms with Crippen LogP contribution in [0.4, 0.5) is 19.0 Å². The Hall–Kier alpha value is -2.44. The summed E-state index contributed by atoms with van der Waals surface area (Å²) in [5.41, 5.74) is 0.0687. The van der Waals surface area contributed by atoms with Gasteiger partial charge in [-0.15, -0.1) is 0 Å². The Morgan fingerprint density at radius 2 is 1.84 bits per heavy atom. The Morgan fingerprint density at radius 1 is 1.04 bits per heavy atom. The summed E-state index contributed by atoms with van der Waals surface area (Å²) in [7, 11) is 0. The molecule has 0 spiro atoms. The SMILES string of the molecule is FC(F)(F)c1cccc(N2CCCC2c2cccc3c2OCCO3)n1. The standard InChI is InChI=1S/C18H17F3N2O2/c19-18(20,21)15-7-2-8-16(22-15)23-9-3-5-13(23)12-4-1-6-14-17(12)25-11-10-24-14/h1-2,4,6-8,13H,3,5,9-11H2. The van der Waals surface area contributed by atoms with E-state index >= 15 is 0 Å². The number of ether oxygens (including phenoxy) is 2. The maximum atomic E-state index is 13.0. The molecule has 2 aromatic rings. The zero-order valence-corrected chi connectivity index (χ0v) is 13.4.